The van der Waals surface area contributed by atoms with Gasteiger partial charge in [0, 0.05) is 10.4 Å². The lowest BCUT2D eigenvalue weighted by molar-refractivity contribution is 1.29. The average molecular weight is 223 g/mol. The maximum absolute atomic E-state index is 8.69. The first-order chi connectivity index (χ1) is 6.70. The molecule has 4 heteroatoms. The number of nitriles is 1. The Balaban J connectivity index is 2.85. The smallest absolute Gasteiger partial charge is 0.142 e. The maximum atomic E-state index is 8.69. The minimum atomic E-state index is 0.296. The van der Waals surface area contributed by atoms with Crippen molar-refractivity contribution in [3.05, 3.63) is 40.1 Å². The van der Waals surface area contributed by atoms with Gasteiger partial charge in [0.2, 0.25) is 0 Å². The van der Waals surface area contributed by atoms with Crippen LogP contribution in [-0.2, 0) is 0 Å². The summed E-state index contributed by atoms with van der Waals surface area (Å²) >= 11 is 11.7. The van der Waals surface area contributed by atoms with Gasteiger partial charge in [-0.3, -0.25) is 0 Å². The van der Waals surface area contributed by atoms with E-state index in [2.05, 4.69) is 4.98 Å². The standard InChI is InChI=1S/C10H4Cl2N2/c11-7-1-2-9-6(3-7)4-8(5-13)14-10(9)12/h1-4H. The molecule has 0 radical (unpaired) electrons. The van der Waals surface area contributed by atoms with Crippen LogP contribution in [0.15, 0.2) is 24.3 Å². The molecule has 0 unspecified atom stereocenters. The highest BCUT2D eigenvalue weighted by Gasteiger charge is 2.03. The number of fused-ring (bicyclic) bond motifs is 1. The van der Waals surface area contributed by atoms with Gasteiger partial charge < -0.3 is 0 Å². The second-order valence-electron chi connectivity index (χ2n) is 2.78. The van der Waals surface area contributed by atoms with Gasteiger partial charge in [-0.05, 0) is 29.7 Å². The summed E-state index contributed by atoms with van der Waals surface area (Å²) in [4.78, 5) is 3.91. The van der Waals surface area contributed by atoms with E-state index in [1.165, 1.54) is 0 Å². The number of pyridine rings is 1. The number of hydrogen-bond acceptors (Lipinski definition) is 2. The van der Waals surface area contributed by atoms with Crippen molar-refractivity contribution in [3.8, 4) is 6.07 Å². The SMILES string of the molecule is N#Cc1cc2cc(Cl)ccc2c(Cl)n1. The molecule has 0 saturated carbocycles. The quantitative estimate of drug-likeness (QED) is 0.641. The van der Waals surface area contributed by atoms with Gasteiger partial charge in [0.15, 0.2) is 0 Å². The molecular formula is C10H4Cl2N2. The highest BCUT2D eigenvalue weighted by Crippen LogP contribution is 2.25. The van der Waals surface area contributed by atoms with Gasteiger partial charge in [-0.1, -0.05) is 23.2 Å². The van der Waals surface area contributed by atoms with E-state index in [0.717, 1.165) is 10.8 Å². The Kier molecular flexibility index (Phi) is 2.28. The van der Waals surface area contributed by atoms with Gasteiger partial charge in [0.1, 0.15) is 16.9 Å². The molecule has 0 spiro atoms. The minimum absolute atomic E-state index is 0.296. The summed E-state index contributed by atoms with van der Waals surface area (Å²) in [6.45, 7) is 0. The zero-order valence-corrected chi connectivity index (χ0v) is 8.47. The van der Waals surface area contributed by atoms with Crippen LogP contribution in [-0.4, -0.2) is 4.98 Å². The van der Waals surface area contributed by atoms with Gasteiger partial charge in [-0.15, -0.1) is 0 Å². The van der Waals surface area contributed by atoms with Crippen molar-refractivity contribution < 1.29 is 0 Å². The zero-order valence-electron chi connectivity index (χ0n) is 6.96. The average Bonchev–Trinajstić information content (AvgIpc) is 2.16. The van der Waals surface area contributed by atoms with Crippen molar-refractivity contribution in [3.63, 3.8) is 0 Å². The molecule has 2 rings (SSSR count). The Bertz CT molecular complexity index is 544. The van der Waals surface area contributed by atoms with E-state index < -0.39 is 0 Å². The van der Waals surface area contributed by atoms with Crippen LogP contribution < -0.4 is 0 Å². The monoisotopic (exact) mass is 222 g/mol. The zero-order chi connectivity index (χ0) is 10.1. The van der Waals surface area contributed by atoms with Crippen LogP contribution in [0.4, 0.5) is 0 Å². The first-order valence-electron chi connectivity index (χ1n) is 3.86. The van der Waals surface area contributed by atoms with Gasteiger partial charge in [0.05, 0.1) is 0 Å². The molecule has 0 atom stereocenters. The molecule has 0 saturated heterocycles. The molecule has 2 aromatic rings. The molecule has 0 aliphatic heterocycles. The van der Waals surface area contributed by atoms with E-state index in [1.54, 1.807) is 24.3 Å². The van der Waals surface area contributed by atoms with Crippen molar-refractivity contribution in [1.29, 1.82) is 5.26 Å². The van der Waals surface area contributed by atoms with E-state index in [4.69, 9.17) is 28.5 Å². The summed E-state index contributed by atoms with van der Waals surface area (Å²) in [6.07, 6.45) is 0. The van der Waals surface area contributed by atoms with Crippen LogP contribution >= 0.6 is 23.2 Å². The van der Waals surface area contributed by atoms with Crippen molar-refractivity contribution >= 4 is 34.0 Å². The third-order valence-corrected chi connectivity index (χ3v) is 2.38. The molecule has 0 aliphatic carbocycles. The van der Waals surface area contributed by atoms with E-state index in [9.17, 15) is 0 Å². The number of nitrogens with zero attached hydrogens (tertiary/aromatic N) is 2. The number of hydrogen-bond donors (Lipinski definition) is 0. The number of aromatic nitrogens is 1. The largest absolute Gasteiger partial charge is 0.225 e. The fourth-order valence-electron chi connectivity index (χ4n) is 1.24. The summed E-state index contributed by atoms with van der Waals surface area (Å²) < 4.78 is 0. The fraction of sp³-hybridized carbons (Fsp3) is 0. The molecule has 1 aromatic heterocycles. The van der Waals surface area contributed by atoms with E-state index >= 15 is 0 Å². The Labute approximate surface area is 90.7 Å². The number of benzene rings is 1. The maximum Gasteiger partial charge on any atom is 0.142 e. The molecule has 0 N–H and O–H groups in total. The van der Waals surface area contributed by atoms with Crippen molar-refractivity contribution in [2.75, 3.05) is 0 Å². The number of rotatable bonds is 0. The fourth-order valence-corrected chi connectivity index (χ4v) is 1.69. The molecule has 0 aliphatic rings. The molecule has 1 heterocycles. The highest BCUT2D eigenvalue weighted by molar-refractivity contribution is 6.35. The Morgan fingerprint density at radius 2 is 2.00 bits per heavy atom. The summed E-state index contributed by atoms with van der Waals surface area (Å²) in [6, 6.07) is 8.88. The van der Waals surface area contributed by atoms with Gasteiger partial charge in [-0.25, -0.2) is 4.98 Å². The van der Waals surface area contributed by atoms with Crippen LogP contribution in [0, 0.1) is 11.3 Å². The van der Waals surface area contributed by atoms with Crippen LogP contribution in [0.3, 0.4) is 0 Å². The van der Waals surface area contributed by atoms with Gasteiger partial charge in [0.25, 0.3) is 0 Å². The molecule has 2 nitrogen and oxygen atoms in total. The second-order valence-corrected chi connectivity index (χ2v) is 3.57. The van der Waals surface area contributed by atoms with Crippen LogP contribution in [0.5, 0.6) is 0 Å². The molecule has 0 amide bonds. The molecule has 0 bridgehead atoms. The van der Waals surface area contributed by atoms with Crippen LogP contribution in [0.2, 0.25) is 10.2 Å². The summed E-state index contributed by atoms with van der Waals surface area (Å²) in [7, 11) is 0. The van der Waals surface area contributed by atoms with Crippen molar-refractivity contribution in [2.45, 2.75) is 0 Å². The van der Waals surface area contributed by atoms with Crippen LogP contribution in [0.1, 0.15) is 5.69 Å². The van der Waals surface area contributed by atoms with Gasteiger partial charge in [-0.2, -0.15) is 5.26 Å². The van der Waals surface area contributed by atoms with Crippen molar-refractivity contribution in [1.82, 2.24) is 4.98 Å². The Morgan fingerprint density at radius 1 is 1.21 bits per heavy atom. The first-order valence-corrected chi connectivity index (χ1v) is 4.62. The molecule has 14 heavy (non-hydrogen) atoms. The highest BCUT2D eigenvalue weighted by atomic mass is 35.5. The topological polar surface area (TPSA) is 36.7 Å². The predicted molar refractivity (Wildman–Crippen MR) is 56.5 cm³/mol. The minimum Gasteiger partial charge on any atom is -0.225 e. The Hall–Kier alpha value is -1.30. The summed E-state index contributed by atoms with van der Waals surface area (Å²) in [5.41, 5.74) is 0.296. The molecule has 1 aromatic carbocycles. The predicted octanol–water partition coefficient (Wildman–Crippen LogP) is 3.41. The normalized spacial score (nSPS) is 10.1. The summed E-state index contributed by atoms with van der Waals surface area (Å²) in [5, 5.41) is 11.3. The lowest BCUT2D eigenvalue weighted by atomic mass is 10.1. The summed E-state index contributed by atoms with van der Waals surface area (Å²) in [5.74, 6) is 0. The van der Waals surface area contributed by atoms with E-state index in [1.807, 2.05) is 6.07 Å². The Morgan fingerprint density at radius 3 is 2.71 bits per heavy atom. The lowest BCUT2D eigenvalue weighted by Crippen LogP contribution is -1.85. The molecule has 0 fully saturated rings. The van der Waals surface area contributed by atoms with Crippen LogP contribution in [0.25, 0.3) is 10.8 Å². The third kappa shape index (κ3) is 1.52. The second kappa shape index (κ2) is 3.45. The van der Waals surface area contributed by atoms with Gasteiger partial charge >= 0.3 is 0 Å². The van der Waals surface area contributed by atoms with E-state index in [-0.39, 0.29) is 0 Å². The van der Waals surface area contributed by atoms with Crippen molar-refractivity contribution in [2.24, 2.45) is 0 Å². The third-order valence-electron chi connectivity index (χ3n) is 1.86. The van der Waals surface area contributed by atoms with E-state index in [0.29, 0.717) is 15.9 Å². The number of halogens is 2. The first kappa shape index (κ1) is 9.26. The molecular weight excluding hydrogens is 219 g/mol. The lowest BCUT2D eigenvalue weighted by Gasteiger charge is -2.00. The molecule has 68 valence electrons.